The minimum absolute atomic E-state index is 0.0541. The molecule has 1 N–H and O–H groups in total. The number of rotatable bonds is 6. The number of aromatic nitrogens is 1. The van der Waals surface area contributed by atoms with E-state index in [-0.39, 0.29) is 6.10 Å². The molecule has 1 heterocycles. The lowest BCUT2D eigenvalue weighted by atomic mass is 10.2. The van der Waals surface area contributed by atoms with Gasteiger partial charge in [-0.25, -0.2) is 0 Å². The molecule has 0 saturated heterocycles. The average molecular weight is 405 g/mol. The van der Waals surface area contributed by atoms with Gasteiger partial charge in [-0.15, -0.1) is 0 Å². The molecule has 0 fully saturated rings. The van der Waals surface area contributed by atoms with Gasteiger partial charge in [0, 0.05) is 27.5 Å². The fraction of sp³-hybridized carbons (Fsp3) is 0.208. The van der Waals surface area contributed by atoms with Crippen LogP contribution in [-0.2, 0) is 11.3 Å². The van der Waals surface area contributed by atoms with Crippen LogP contribution in [0.5, 0.6) is 5.75 Å². The van der Waals surface area contributed by atoms with Crippen LogP contribution >= 0.6 is 12.2 Å². The minimum atomic E-state index is 0.0541. The first kappa shape index (κ1) is 19.3. The zero-order valence-corrected chi connectivity index (χ0v) is 17.4. The quantitative estimate of drug-likeness (QED) is 0.400. The smallest absolute Gasteiger partial charge is 0.261 e. The Kier molecular flexibility index (Phi) is 5.67. The summed E-state index contributed by atoms with van der Waals surface area (Å²) in [6.45, 7) is 5.26. The molecule has 0 atom stereocenters. The largest absolute Gasteiger partial charge is 0.492 e. The first-order valence-electron chi connectivity index (χ1n) is 9.78. The van der Waals surface area contributed by atoms with E-state index in [9.17, 15) is 0 Å². The van der Waals surface area contributed by atoms with Gasteiger partial charge in [0.25, 0.3) is 5.17 Å². The van der Waals surface area contributed by atoms with Crippen molar-refractivity contribution in [3.05, 3.63) is 72.8 Å². The maximum atomic E-state index is 5.99. The Labute approximate surface area is 176 Å². The standard InChI is InChI=1S/C24H24N2O2S/c1-17(2)28-24(29)25-18-11-13-19(14-12-18)27-16-15-26-22-9-5-3-7-20(22)21-8-4-6-10-23(21)26/h3-14,17H,15-16H2,1-2H3,(H,25,29). The van der Waals surface area contributed by atoms with Gasteiger partial charge in [0.2, 0.25) is 0 Å². The fourth-order valence-electron chi connectivity index (χ4n) is 3.49. The van der Waals surface area contributed by atoms with E-state index < -0.39 is 0 Å². The van der Waals surface area contributed by atoms with Crippen molar-refractivity contribution in [1.29, 1.82) is 0 Å². The van der Waals surface area contributed by atoms with Gasteiger partial charge in [-0.3, -0.25) is 0 Å². The monoisotopic (exact) mass is 404 g/mol. The third-order valence-corrected chi connectivity index (χ3v) is 4.91. The Morgan fingerprint density at radius 3 is 2.07 bits per heavy atom. The van der Waals surface area contributed by atoms with E-state index in [0.717, 1.165) is 18.0 Å². The van der Waals surface area contributed by atoms with Crippen molar-refractivity contribution in [3.63, 3.8) is 0 Å². The van der Waals surface area contributed by atoms with Crippen molar-refractivity contribution in [2.24, 2.45) is 0 Å². The van der Waals surface area contributed by atoms with E-state index in [1.54, 1.807) is 0 Å². The second-order valence-electron chi connectivity index (χ2n) is 7.14. The van der Waals surface area contributed by atoms with Crippen molar-refractivity contribution >= 4 is 44.9 Å². The number of nitrogens with zero attached hydrogens (tertiary/aromatic N) is 1. The van der Waals surface area contributed by atoms with Crippen LogP contribution in [0.2, 0.25) is 0 Å². The van der Waals surface area contributed by atoms with Crippen molar-refractivity contribution < 1.29 is 9.47 Å². The van der Waals surface area contributed by atoms with E-state index >= 15 is 0 Å². The summed E-state index contributed by atoms with van der Waals surface area (Å²) in [5, 5.41) is 6.00. The molecule has 148 valence electrons. The summed E-state index contributed by atoms with van der Waals surface area (Å²) in [6.07, 6.45) is 0.0541. The molecule has 0 aliphatic rings. The third-order valence-electron chi connectivity index (χ3n) is 4.71. The maximum absolute atomic E-state index is 5.99. The molecule has 0 saturated carbocycles. The van der Waals surface area contributed by atoms with Crippen LogP contribution in [0.15, 0.2) is 72.8 Å². The van der Waals surface area contributed by atoms with Gasteiger partial charge >= 0.3 is 0 Å². The molecule has 0 aliphatic heterocycles. The zero-order chi connectivity index (χ0) is 20.2. The third kappa shape index (κ3) is 4.35. The lowest BCUT2D eigenvalue weighted by Gasteiger charge is -2.13. The van der Waals surface area contributed by atoms with E-state index in [2.05, 4.69) is 58.4 Å². The Bertz CT molecular complexity index is 1080. The lowest BCUT2D eigenvalue weighted by molar-refractivity contribution is 0.235. The molecular formula is C24H24N2O2S. The zero-order valence-electron chi connectivity index (χ0n) is 16.6. The van der Waals surface area contributed by atoms with Gasteiger partial charge in [0.1, 0.15) is 12.4 Å². The molecule has 0 unspecified atom stereocenters. The highest BCUT2D eigenvalue weighted by Crippen LogP contribution is 2.28. The number of anilines is 1. The Balaban J connectivity index is 1.42. The first-order chi connectivity index (χ1) is 14.1. The Morgan fingerprint density at radius 1 is 0.897 bits per heavy atom. The summed E-state index contributed by atoms with van der Waals surface area (Å²) in [6, 6.07) is 24.8. The normalized spacial score (nSPS) is 11.1. The van der Waals surface area contributed by atoms with Crippen LogP contribution in [0, 0.1) is 0 Å². The average Bonchev–Trinajstić information content (AvgIpc) is 3.03. The molecule has 4 rings (SSSR count). The van der Waals surface area contributed by atoms with Crippen molar-refractivity contribution in [2.75, 3.05) is 11.9 Å². The SMILES string of the molecule is CC(C)OC(=S)Nc1ccc(OCCn2c3ccccc3c3ccccc32)cc1. The van der Waals surface area contributed by atoms with E-state index in [1.165, 1.54) is 21.8 Å². The van der Waals surface area contributed by atoms with Crippen LogP contribution in [-0.4, -0.2) is 22.5 Å². The second kappa shape index (κ2) is 8.53. The highest BCUT2D eigenvalue weighted by atomic mass is 32.1. The molecule has 0 amide bonds. The van der Waals surface area contributed by atoms with Crippen LogP contribution in [0.25, 0.3) is 21.8 Å². The number of para-hydroxylation sites is 2. The van der Waals surface area contributed by atoms with Gasteiger partial charge in [0.05, 0.1) is 12.6 Å². The van der Waals surface area contributed by atoms with Crippen LogP contribution < -0.4 is 10.1 Å². The number of fused-ring (bicyclic) bond motifs is 3. The van der Waals surface area contributed by atoms with Gasteiger partial charge in [-0.2, -0.15) is 0 Å². The van der Waals surface area contributed by atoms with Crippen molar-refractivity contribution in [3.8, 4) is 5.75 Å². The van der Waals surface area contributed by atoms with Crippen molar-refractivity contribution in [1.82, 2.24) is 4.57 Å². The van der Waals surface area contributed by atoms with Crippen LogP contribution in [0.3, 0.4) is 0 Å². The highest BCUT2D eigenvalue weighted by molar-refractivity contribution is 7.80. The second-order valence-corrected chi connectivity index (χ2v) is 7.51. The summed E-state index contributed by atoms with van der Waals surface area (Å²) in [5.41, 5.74) is 3.34. The number of nitrogens with one attached hydrogen (secondary N) is 1. The van der Waals surface area contributed by atoms with Crippen molar-refractivity contribution in [2.45, 2.75) is 26.5 Å². The summed E-state index contributed by atoms with van der Waals surface area (Å²) >= 11 is 5.17. The summed E-state index contributed by atoms with van der Waals surface area (Å²) in [4.78, 5) is 0. The first-order valence-corrected chi connectivity index (χ1v) is 10.2. The molecule has 0 radical (unpaired) electrons. The number of hydrogen-bond donors (Lipinski definition) is 1. The molecule has 0 aliphatic carbocycles. The molecule has 0 spiro atoms. The summed E-state index contributed by atoms with van der Waals surface area (Å²) in [5.74, 6) is 0.826. The molecular weight excluding hydrogens is 380 g/mol. The van der Waals surface area contributed by atoms with E-state index in [4.69, 9.17) is 21.7 Å². The number of ether oxygens (including phenoxy) is 2. The summed E-state index contributed by atoms with van der Waals surface area (Å²) < 4.78 is 13.8. The minimum Gasteiger partial charge on any atom is -0.492 e. The molecule has 3 aromatic carbocycles. The number of thiocarbonyl (C=S) groups is 1. The van der Waals surface area contributed by atoms with Gasteiger partial charge in [-0.1, -0.05) is 36.4 Å². The maximum Gasteiger partial charge on any atom is 0.261 e. The molecule has 0 bridgehead atoms. The summed E-state index contributed by atoms with van der Waals surface area (Å²) in [7, 11) is 0. The fourth-order valence-corrected chi connectivity index (χ4v) is 3.81. The van der Waals surface area contributed by atoms with E-state index in [1.807, 2.05) is 38.1 Å². The van der Waals surface area contributed by atoms with Crippen LogP contribution in [0.4, 0.5) is 5.69 Å². The topological polar surface area (TPSA) is 35.4 Å². The van der Waals surface area contributed by atoms with Gasteiger partial charge in [0.15, 0.2) is 0 Å². The van der Waals surface area contributed by atoms with Gasteiger partial charge in [-0.05, 0) is 62.5 Å². The van der Waals surface area contributed by atoms with Gasteiger partial charge < -0.3 is 19.4 Å². The lowest BCUT2D eigenvalue weighted by Crippen LogP contribution is -2.17. The molecule has 1 aromatic heterocycles. The predicted molar refractivity (Wildman–Crippen MR) is 124 cm³/mol. The molecule has 5 heteroatoms. The molecule has 4 aromatic rings. The van der Waals surface area contributed by atoms with Crippen LogP contribution in [0.1, 0.15) is 13.8 Å². The molecule has 4 nitrogen and oxygen atoms in total. The highest BCUT2D eigenvalue weighted by Gasteiger charge is 2.09. The number of benzene rings is 3. The number of hydrogen-bond acceptors (Lipinski definition) is 3. The Hall–Kier alpha value is -3.05. The molecule has 29 heavy (non-hydrogen) atoms. The Morgan fingerprint density at radius 2 is 1.48 bits per heavy atom. The predicted octanol–water partition coefficient (Wildman–Crippen LogP) is 6.00. The van der Waals surface area contributed by atoms with E-state index in [0.29, 0.717) is 11.8 Å².